The average Bonchev–Trinajstić information content (AvgIpc) is 3.00. The number of ether oxygens (including phenoxy) is 1. The van der Waals surface area contributed by atoms with Gasteiger partial charge in [0.05, 0.1) is 18.4 Å². The molecule has 0 radical (unpaired) electrons. The van der Waals surface area contributed by atoms with E-state index >= 15 is 0 Å². The molecule has 1 rings (SSSR count). The van der Waals surface area contributed by atoms with Crippen LogP contribution in [0.3, 0.4) is 0 Å². The number of rotatable bonds is 26. The van der Waals surface area contributed by atoms with Crippen LogP contribution in [0.2, 0.25) is 0 Å². The van der Waals surface area contributed by atoms with Crippen molar-refractivity contribution in [1.29, 1.82) is 0 Å². The summed E-state index contributed by atoms with van der Waals surface area (Å²) in [6, 6.07) is 5.05. The lowest BCUT2D eigenvalue weighted by Crippen LogP contribution is -2.55. The van der Waals surface area contributed by atoms with Gasteiger partial charge in [-0.25, -0.2) is 9.59 Å². The van der Waals surface area contributed by atoms with Crippen LogP contribution in [0.15, 0.2) is 48.1 Å². The van der Waals surface area contributed by atoms with E-state index in [0.29, 0.717) is 56.4 Å². The fourth-order valence-electron chi connectivity index (χ4n) is 5.00. The number of unbranched alkanes of at least 4 members (excludes halogenated alkanes) is 6. The quantitative estimate of drug-likeness (QED) is 0.0578. The number of benzene rings is 1. The molecule has 1 amide bonds. The van der Waals surface area contributed by atoms with Crippen LogP contribution in [0.4, 0.5) is 0 Å². The van der Waals surface area contributed by atoms with Crippen molar-refractivity contribution in [1.82, 2.24) is 5.32 Å². The number of aliphatic hydroxyl groups excluding tert-OH is 1. The number of carbonyl (C=O) groups excluding carboxylic acids is 2. The highest BCUT2D eigenvalue weighted by Gasteiger charge is 2.49. The molecule has 0 saturated heterocycles. The third-order valence-electron chi connectivity index (χ3n) is 7.82. The van der Waals surface area contributed by atoms with Crippen LogP contribution >= 0.6 is 0 Å². The minimum Gasteiger partial charge on any atom is -0.490 e. The molecule has 1 aromatic rings. The molecule has 0 aromatic heterocycles. The smallest absolute Gasteiger partial charge is 0.337 e. The van der Waals surface area contributed by atoms with Crippen LogP contribution in [0.1, 0.15) is 103 Å². The van der Waals surface area contributed by atoms with Crippen molar-refractivity contribution in [3.05, 3.63) is 53.6 Å². The Hall–Kier alpha value is -4.03. The van der Waals surface area contributed by atoms with E-state index in [9.17, 15) is 49.5 Å². The van der Waals surface area contributed by atoms with Gasteiger partial charge in [0.1, 0.15) is 24.2 Å². The predicted molar refractivity (Wildman–Crippen MR) is 180 cm³/mol. The fraction of sp³-hybridized carbons (Fsp3) is 0.583. The molecule has 1 unspecified atom stereocenters. The maximum absolute atomic E-state index is 13.3. The third kappa shape index (κ3) is 16.7. The Morgan fingerprint density at radius 2 is 1.60 bits per heavy atom. The summed E-state index contributed by atoms with van der Waals surface area (Å²) in [5, 5.41) is 52.0. The zero-order chi connectivity index (χ0) is 36.1. The average molecular weight is 676 g/mol. The van der Waals surface area contributed by atoms with E-state index in [1.165, 1.54) is 6.08 Å². The molecule has 48 heavy (non-hydrogen) atoms. The number of carbonyl (C=O) groups is 5. The van der Waals surface area contributed by atoms with Gasteiger partial charge in [-0.05, 0) is 63.3 Å². The van der Waals surface area contributed by atoms with Gasteiger partial charge in [0.15, 0.2) is 5.60 Å². The van der Waals surface area contributed by atoms with Crippen molar-refractivity contribution in [3.63, 3.8) is 0 Å². The van der Waals surface area contributed by atoms with E-state index in [1.54, 1.807) is 24.3 Å². The first-order valence-electron chi connectivity index (χ1n) is 16.6. The van der Waals surface area contributed by atoms with E-state index in [4.69, 9.17) is 4.74 Å². The Bertz CT molecular complexity index is 1240. The number of aliphatic carboxylic acids is 3. The molecule has 0 aliphatic rings. The van der Waals surface area contributed by atoms with E-state index in [-0.39, 0.29) is 18.6 Å². The zero-order valence-corrected chi connectivity index (χ0v) is 28.4. The highest BCUT2D eigenvalue weighted by Crippen LogP contribution is 2.26. The second-order valence-corrected chi connectivity index (χ2v) is 12.4. The molecule has 0 aliphatic heterocycles. The van der Waals surface area contributed by atoms with Gasteiger partial charge < -0.3 is 35.6 Å². The minimum atomic E-state index is -3.04. The fourth-order valence-corrected chi connectivity index (χ4v) is 5.00. The van der Waals surface area contributed by atoms with Gasteiger partial charge in [0.25, 0.3) is 0 Å². The van der Waals surface area contributed by atoms with Crippen molar-refractivity contribution in [2.75, 3.05) is 6.61 Å². The number of hydrogen-bond donors (Lipinski definition) is 6. The predicted octanol–water partition coefficient (Wildman–Crippen LogP) is 4.85. The molecule has 12 nitrogen and oxygen atoms in total. The van der Waals surface area contributed by atoms with E-state index in [1.807, 2.05) is 19.9 Å². The monoisotopic (exact) mass is 675 g/mol. The minimum absolute atomic E-state index is 0.0139. The zero-order valence-electron chi connectivity index (χ0n) is 28.4. The molecule has 1 aromatic carbocycles. The molecule has 268 valence electrons. The number of Topliss-reactive ketones (excluding diaryl/α,β-unsaturated/α-hetero) is 1. The summed E-state index contributed by atoms with van der Waals surface area (Å²) in [6.45, 7) is 6.30. The van der Waals surface area contributed by atoms with Gasteiger partial charge in [-0.2, -0.15) is 0 Å². The van der Waals surface area contributed by atoms with E-state index in [2.05, 4.69) is 12.2 Å². The Balaban J connectivity index is 2.84. The number of amides is 1. The summed E-state index contributed by atoms with van der Waals surface area (Å²) in [7, 11) is 0. The lowest BCUT2D eigenvalue weighted by molar-refractivity contribution is -0.172. The second-order valence-electron chi connectivity index (χ2n) is 12.4. The summed E-state index contributed by atoms with van der Waals surface area (Å²) in [4.78, 5) is 61.0. The van der Waals surface area contributed by atoms with Gasteiger partial charge in [-0.3, -0.25) is 14.4 Å². The standard InChI is InChI=1S/C36H53NO11/c1-4-5-10-13-27(38)23-28(39)14-11-8-6-7-9-12-15-30(36(47,35(45)46)24-32(40)41)33(42)37-31(34(43)44)22-26-16-18-29(19-17-26)48-21-20-25(2)3/h12,15-20,27,30-31,38,47H,4-11,13-14,21-24H2,1-3H3,(H,37,42)(H,40,41)(H,43,44)(H,45,46)/b15-12+/t27?,30-,31+,36+/m1/s1. The summed E-state index contributed by atoms with van der Waals surface area (Å²) < 4.78 is 5.60. The molecular weight excluding hydrogens is 622 g/mol. The Morgan fingerprint density at radius 3 is 2.19 bits per heavy atom. The van der Waals surface area contributed by atoms with Crippen LogP contribution in [0.5, 0.6) is 5.75 Å². The molecule has 0 spiro atoms. The first kappa shape index (κ1) is 42.0. The molecule has 0 saturated carbocycles. The van der Waals surface area contributed by atoms with Crippen molar-refractivity contribution >= 4 is 29.6 Å². The van der Waals surface area contributed by atoms with Crippen molar-refractivity contribution in [2.24, 2.45) is 5.92 Å². The van der Waals surface area contributed by atoms with E-state index in [0.717, 1.165) is 37.3 Å². The van der Waals surface area contributed by atoms with Crippen molar-refractivity contribution < 1.29 is 54.2 Å². The van der Waals surface area contributed by atoms with Gasteiger partial charge in [-0.1, -0.05) is 68.9 Å². The van der Waals surface area contributed by atoms with Crippen molar-refractivity contribution in [2.45, 2.75) is 122 Å². The normalized spacial score (nSPS) is 14.4. The maximum atomic E-state index is 13.3. The summed E-state index contributed by atoms with van der Waals surface area (Å²) >= 11 is 0. The summed E-state index contributed by atoms with van der Waals surface area (Å²) in [5.41, 5.74) is -1.42. The highest BCUT2D eigenvalue weighted by molar-refractivity contribution is 5.94. The first-order valence-corrected chi connectivity index (χ1v) is 16.6. The SMILES string of the molecule is CCCCCC(O)CC(=O)CCCCCC/C=C/[C@H](C(=O)N[C@@H](Cc1ccc(OCC=C(C)C)cc1)C(=O)O)[C@@](O)(CC(=O)O)C(=O)O. The van der Waals surface area contributed by atoms with E-state index < -0.39 is 53.9 Å². The molecule has 0 heterocycles. The van der Waals surface area contributed by atoms with Gasteiger partial charge >= 0.3 is 17.9 Å². The molecule has 4 atom stereocenters. The molecule has 0 fully saturated rings. The Kier molecular flexibility index (Phi) is 19.7. The molecule has 0 aliphatic carbocycles. The first-order chi connectivity index (χ1) is 22.7. The van der Waals surface area contributed by atoms with Crippen LogP contribution in [0.25, 0.3) is 0 Å². The van der Waals surface area contributed by atoms with Gasteiger partial charge in [0, 0.05) is 19.3 Å². The lowest BCUT2D eigenvalue weighted by atomic mass is 9.82. The molecule has 6 N–H and O–H groups in total. The number of allylic oxidation sites excluding steroid dienone is 2. The van der Waals surface area contributed by atoms with Crippen LogP contribution in [0, 0.1) is 5.92 Å². The van der Waals surface area contributed by atoms with Crippen LogP contribution < -0.4 is 10.1 Å². The maximum Gasteiger partial charge on any atom is 0.337 e. The largest absolute Gasteiger partial charge is 0.490 e. The molecular formula is C36H53NO11. The topological polar surface area (TPSA) is 208 Å². The Morgan fingerprint density at radius 1 is 0.938 bits per heavy atom. The highest BCUT2D eigenvalue weighted by atomic mass is 16.5. The number of carboxylic acid groups (broad SMARTS) is 3. The Labute approximate surface area is 282 Å². The number of hydrogen-bond acceptors (Lipinski definition) is 8. The molecule has 0 bridgehead atoms. The number of ketones is 1. The number of carboxylic acids is 3. The third-order valence-corrected chi connectivity index (χ3v) is 7.82. The second kappa shape index (κ2) is 22.5. The summed E-state index contributed by atoms with van der Waals surface area (Å²) in [5.74, 6) is -7.49. The summed E-state index contributed by atoms with van der Waals surface area (Å²) in [6.07, 6.45) is 9.54. The number of nitrogens with one attached hydrogen (secondary N) is 1. The van der Waals surface area contributed by atoms with Gasteiger partial charge in [-0.15, -0.1) is 0 Å². The lowest BCUT2D eigenvalue weighted by Gasteiger charge is -2.29. The number of aliphatic hydroxyl groups is 2. The van der Waals surface area contributed by atoms with Crippen LogP contribution in [-0.4, -0.2) is 79.5 Å². The van der Waals surface area contributed by atoms with Crippen LogP contribution in [-0.2, 0) is 30.4 Å². The molecule has 12 heteroatoms. The van der Waals surface area contributed by atoms with Gasteiger partial charge in [0.2, 0.25) is 5.91 Å². The van der Waals surface area contributed by atoms with Crippen molar-refractivity contribution in [3.8, 4) is 5.75 Å².